The van der Waals surface area contributed by atoms with E-state index in [2.05, 4.69) is 10.6 Å². The highest BCUT2D eigenvalue weighted by atomic mass is 16.5. The molecule has 0 aromatic heterocycles. The van der Waals surface area contributed by atoms with Gasteiger partial charge in [0.2, 0.25) is 5.91 Å². The Labute approximate surface area is 170 Å². The van der Waals surface area contributed by atoms with Crippen molar-refractivity contribution in [1.29, 1.82) is 0 Å². The van der Waals surface area contributed by atoms with Crippen LogP contribution in [-0.4, -0.2) is 36.4 Å². The summed E-state index contributed by atoms with van der Waals surface area (Å²) < 4.78 is 5.26. The van der Waals surface area contributed by atoms with Crippen LogP contribution in [0.1, 0.15) is 29.2 Å². The predicted octanol–water partition coefficient (Wildman–Crippen LogP) is 3.03. The van der Waals surface area contributed by atoms with E-state index >= 15 is 0 Å². The molecule has 1 heterocycles. The third-order valence-electron chi connectivity index (χ3n) is 5.20. The third kappa shape index (κ3) is 3.81. The molecule has 0 radical (unpaired) electrons. The topological polar surface area (TPSA) is 87.7 Å². The molecule has 7 heteroatoms. The van der Waals surface area contributed by atoms with E-state index in [1.807, 2.05) is 32.9 Å². The number of anilines is 1. The molecule has 0 spiro atoms. The Bertz CT molecular complexity index is 1000. The number of nitrogens with one attached hydrogen (secondary N) is 2. The zero-order valence-electron chi connectivity index (χ0n) is 17.3. The zero-order valence-corrected chi connectivity index (χ0v) is 17.3. The van der Waals surface area contributed by atoms with E-state index in [-0.39, 0.29) is 6.54 Å². The molecular formula is C22H25N3O4. The maximum Gasteiger partial charge on any atom is 0.325 e. The zero-order chi connectivity index (χ0) is 21.3. The van der Waals surface area contributed by atoms with Crippen LogP contribution in [-0.2, 0) is 15.1 Å². The molecule has 1 aliphatic rings. The molecule has 1 unspecified atom stereocenters. The number of benzene rings is 2. The van der Waals surface area contributed by atoms with Gasteiger partial charge in [0, 0.05) is 5.69 Å². The van der Waals surface area contributed by atoms with Crippen LogP contribution in [0.4, 0.5) is 10.5 Å². The minimum Gasteiger partial charge on any atom is -0.496 e. The second-order valence-electron chi connectivity index (χ2n) is 7.50. The lowest BCUT2D eigenvalue weighted by Gasteiger charge is -2.23. The molecule has 152 valence electrons. The van der Waals surface area contributed by atoms with Gasteiger partial charge in [-0.1, -0.05) is 23.8 Å². The summed E-state index contributed by atoms with van der Waals surface area (Å²) in [4.78, 5) is 38.9. The first kappa shape index (κ1) is 20.4. The van der Waals surface area contributed by atoms with Crippen LogP contribution < -0.4 is 15.4 Å². The molecule has 1 atom stereocenters. The van der Waals surface area contributed by atoms with Gasteiger partial charge in [-0.05, 0) is 62.6 Å². The van der Waals surface area contributed by atoms with Crippen molar-refractivity contribution in [3.8, 4) is 5.75 Å². The number of methoxy groups -OCH3 is 1. The molecule has 2 N–H and O–H groups in total. The average Bonchev–Trinajstić information content (AvgIpc) is 2.88. The van der Waals surface area contributed by atoms with Crippen LogP contribution in [0.25, 0.3) is 0 Å². The molecule has 0 aliphatic carbocycles. The summed E-state index contributed by atoms with van der Waals surface area (Å²) in [6.45, 7) is 6.99. The highest BCUT2D eigenvalue weighted by Crippen LogP contribution is 2.31. The van der Waals surface area contributed by atoms with Gasteiger partial charge in [-0.3, -0.25) is 14.5 Å². The SMILES string of the molecule is COc1ccc(C2(C)NC(=O)N(CC(=O)Nc3ccc(C)cc3C)C2=O)cc1C. The second kappa shape index (κ2) is 7.58. The number of amides is 4. The average molecular weight is 395 g/mol. The minimum absolute atomic E-state index is 0.358. The number of rotatable bonds is 5. The summed E-state index contributed by atoms with van der Waals surface area (Å²) in [6.07, 6.45) is 0. The molecule has 7 nitrogen and oxygen atoms in total. The predicted molar refractivity (Wildman–Crippen MR) is 110 cm³/mol. The van der Waals surface area contributed by atoms with Crippen LogP contribution >= 0.6 is 0 Å². The Balaban J connectivity index is 1.77. The number of carbonyl (C=O) groups is 3. The van der Waals surface area contributed by atoms with Crippen molar-refractivity contribution in [3.63, 3.8) is 0 Å². The van der Waals surface area contributed by atoms with Crippen LogP contribution in [0.5, 0.6) is 5.75 Å². The first-order valence-electron chi connectivity index (χ1n) is 9.32. The molecule has 1 fully saturated rings. The Morgan fingerprint density at radius 1 is 1.10 bits per heavy atom. The highest BCUT2D eigenvalue weighted by molar-refractivity contribution is 6.10. The van der Waals surface area contributed by atoms with Gasteiger partial charge in [0.25, 0.3) is 5.91 Å². The van der Waals surface area contributed by atoms with Crippen LogP contribution in [0, 0.1) is 20.8 Å². The first-order valence-corrected chi connectivity index (χ1v) is 9.32. The van der Waals surface area contributed by atoms with Crippen molar-refractivity contribution in [2.45, 2.75) is 33.2 Å². The van der Waals surface area contributed by atoms with Gasteiger partial charge in [-0.2, -0.15) is 0 Å². The van der Waals surface area contributed by atoms with Crippen molar-refractivity contribution < 1.29 is 19.1 Å². The van der Waals surface area contributed by atoms with Gasteiger partial charge in [0.15, 0.2) is 0 Å². The lowest BCUT2D eigenvalue weighted by Crippen LogP contribution is -2.42. The fourth-order valence-electron chi connectivity index (χ4n) is 3.51. The van der Waals surface area contributed by atoms with Gasteiger partial charge in [-0.25, -0.2) is 4.79 Å². The van der Waals surface area contributed by atoms with Gasteiger partial charge in [0.05, 0.1) is 7.11 Å². The molecule has 0 saturated carbocycles. The molecule has 2 aromatic carbocycles. The molecule has 4 amide bonds. The number of nitrogens with zero attached hydrogens (tertiary/aromatic N) is 1. The van der Waals surface area contributed by atoms with E-state index in [9.17, 15) is 14.4 Å². The van der Waals surface area contributed by atoms with Crippen LogP contribution in [0.2, 0.25) is 0 Å². The normalized spacial score (nSPS) is 18.6. The van der Waals surface area contributed by atoms with E-state index in [0.29, 0.717) is 17.0 Å². The number of carbonyl (C=O) groups excluding carboxylic acids is 3. The molecule has 1 aliphatic heterocycles. The lowest BCUT2D eigenvalue weighted by atomic mass is 9.90. The molecule has 3 rings (SSSR count). The fraction of sp³-hybridized carbons (Fsp3) is 0.318. The lowest BCUT2D eigenvalue weighted by molar-refractivity contribution is -0.133. The standard InChI is InChI=1S/C22H25N3O4/c1-13-6-8-17(14(2)10-13)23-19(26)12-25-20(27)22(4,24-21(25)28)16-7-9-18(29-5)15(3)11-16/h6-11H,12H2,1-5H3,(H,23,26)(H,24,28). The van der Waals surface area contributed by atoms with E-state index in [1.165, 1.54) is 0 Å². The maximum absolute atomic E-state index is 13.0. The van der Waals surface area contributed by atoms with E-state index in [0.717, 1.165) is 21.6 Å². The van der Waals surface area contributed by atoms with E-state index in [4.69, 9.17) is 4.74 Å². The number of imide groups is 1. The summed E-state index contributed by atoms with van der Waals surface area (Å²) in [5.41, 5.74) is 2.88. The number of hydrogen-bond acceptors (Lipinski definition) is 4. The van der Waals surface area contributed by atoms with Crippen LogP contribution in [0.3, 0.4) is 0 Å². The maximum atomic E-state index is 13.0. The number of ether oxygens (including phenoxy) is 1. The summed E-state index contributed by atoms with van der Waals surface area (Å²) in [5.74, 6) is -0.211. The largest absolute Gasteiger partial charge is 0.496 e. The van der Waals surface area contributed by atoms with Crippen molar-refractivity contribution >= 4 is 23.5 Å². The smallest absolute Gasteiger partial charge is 0.325 e. The molecule has 0 bridgehead atoms. The summed E-state index contributed by atoms with van der Waals surface area (Å²) >= 11 is 0. The first-order chi connectivity index (χ1) is 13.7. The minimum atomic E-state index is -1.24. The third-order valence-corrected chi connectivity index (χ3v) is 5.20. The number of hydrogen-bond donors (Lipinski definition) is 2. The number of aryl methyl sites for hydroxylation is 3. The summed E-state index contributed by atoms with van der Waals surface area (Å²) in [7, 11) is 1.57. The van der Waals surface area contributed by atoms with Crippen molar-refractivity contribution in [1.82, 2.24) is 10.2 Å². The fourth-order valence-corrected chi connectivity index (χ4v) is 3.51. The van der Waals surface area contributed by atoms with Gasteiger partial charge >= 0.3 is 6.03 Å². The van der Waals surface area contributed by atoms with E-state index < -0.39 is 23.4 Å². The highest BCUT2D eigenvalue weighted by Gasteiger charge is 2.49. The van der Waals surface area contributed by atoms with Gasteiger partial charge in [-0.15, -0.1) is 0 Å². The Hall–Kier alpha value is -3.35. The van der Waals surface area contributed by atoms with Gasteiger partial charge < -0.3 is 15.4 Å². The van der Waals surface area contributed by atoms with E-state index in [1.54, 1.807) is 38.3 Å². The molecular weight excluding hydrogens is 370 g/mol. The second-order valence-corrected chi connectivity index (χ2v) is 7.50. The quantitative estimate of drug-likeness (QED) is 0.762. The Kier molecular flexibility index (Phi) is 5.33. The Morgan fingerprint density at radius 3 is 2.45 bits per heavy atom. The number of urea groups is 1. The molecule has 1 saturated heterocycles. The summed E-state index contributed by atoms with van der Waals surface area (Å²) in [6, 6.07) is 10.3. The summed E-state index contributed by atoms with van der Waals surface area (Å²) in [5, 5.41) is 5.48. The van der Waals surface area contributed by atoms with Crippen molar-refractivity contribution in [2.24, 2.45) is 0 Å². The monoisotopic (exact) mass is 395 g/mol. The Morgan fingerprint density at radius 2 is 1.83 bits per heavy atom. The van der Waals surface area contributed by atoms with Gasteiger partial charge in [0.1, 0.15) is 17.8 Å². The van der Waals surface area contributed by atoms with Crippen LogP contribution in [0.15, 0.2) is 36.4 Å². The molecule has 29 heavy (non-hydrogen) atoms. The van der Waals surface area contributed by atoms with Crippen molar-refractivity contribution in [2.75, 3.05) is 19.0 Å². The molecule has 2 aromatic rings. The van der Waals surface area contributed by atoms with Crippen molar-refractivity contribution in [3.05, 3.63) is 58.7 Å².